The van der Waals surface area contributed by atoms with Gasteiger partial charge in [-0.2, -0.15) is 0 Å². The summed E-state index contributed by atoms with van der Waals surface area (Å²) in [6, 6.07) is 16.8. The van der Waals surface area contributed by atoms with Crippen LogP contribution in [0.2, 0.25) is 0 Å². The first-order valence-electron chi connectivity index (χ1n) is 8.60. The summed E-state index contributed by atoms with van der Waals surface area (Å²) in [6.45, 7) is 1.91. The number of hydrogen-bond acceptors (Lipinski definition) is 5. The summed E-state index contributed by atoms with van der Waals surface area (Å²) in [5, 5.41) is 13.3. The lowest BCUT2D eigenvalue weighted by Gasteiger charge is -2.38. The van der Waals surface area contributed by atoms with E-state index in [1.165, 1.54) is 12.1 Å². The van der Waals surface area contributed by atoms with Gasteiger partial charge in [-0.25, -0.2) is 0 Å². The molecule has 0 aliphatic carbocycles. The van der Waals surface area contributed by atoms with Gasteiger partial charge in [0.1, 0.15) is 5.75 Å². The summed E-state index contributed by atoms with van der Waals surface area (Å²) < 4.78 is 12.6. The van der Waals surface area contributed by atoms with Crippen molar-refractivity contribution in [3.63, 3.8) is 0 Å². The van der Waals surface area contributed by atoms with Gasteiger partial charge >= 0.3 is 5.91 Å². The third-order valence-corrected chi connectivity index (χ3v) is 5.20. The van der Waals surface area contributed by atoms with Crippen molar-refractivity contribution in [3.05, 3.63) is 75.8 Å². The summed E-state index contributed by atoms with van der Waals surface area (Å²) in [5.41, 5.74) is 2.46. The smallest absolute Gasteiger partial charge is 0.363 e. The van der Waals surface area contributed by atoms with Crippen LogP contribution >= 0.6 is 0 Å². The monoisotopic (exact) mass is 360 g/mol. The van der Waals surface area contributed by atoms with Gasteiger partial charge in [-0.3, -0.25) is 15.0 Å². The Labute approximate surface area is 155 Å². The van der Waals surface area contributed by atoms with Crippen molar-refractivity contribution in [2.45, 2.75) is 12.8 Å². The Morgan fingerprint density at radius 3 is 2.44 bits per heavy atom. The van der Waals surface area contributed by atoms with Gasteiger partial charge in [-0.15, -0.1) is 0 Å². The number of non-ortho nitro benzene ring substituents is 1. The molecule has 6 heteroatoms. The Kier molecular flexibility index (Phi) is 3.04. The average molecular weight is 360 g/mol. The maximum Gasteiger partial charge on any atom is 0.363 e. The van der Waals surface area contributed by atoms with Gasteiger partial charge in [0.2, 0.25) is 0 Å². The number of benzene rings is 3. The first kappa shape index (κ1) is 15.7. The van der Waals surface area contributed by atoms with Gasteiger partial charge in [0.05, 0.1) is 10.6 Å². The summed E-state index contributed by atoms with van der Waals surface area (Å²) in [5.74, 6) is 0.202. The van der Waals surface area contributed by atoms with Crippen LogP contribution in [0, 0.1) is 10.1 Å². The van der Waals surface area contributed by atoms with Crippen LogP contribution in [0.3, 0.4) is 0 Å². The van der Waals surface area contributed by atoms with Crippen molar-refractivity contribution in [2.24, 2.45) is 0 Å². The summed E-state index contributed by atoms with van der Waals surface area (Å²) in [7, 11) is 1.92. The number of nitro groups is 1. The van der Waals surface area contributed by atoms with Crippen LogP contribution in [-0.2, 0) is 0 Å². The maximum atomic E-state index is 11.0. The Morgan fingerprint density at radius 1 is 1.00 bits per heavy atom. The molecule has 134 valence electrons. The van der Waals surface area contributed by atoms with Crippen molar-refractivity contribution in [2.75, 3.05) is 11.9 Å². The molecule has 0 amide bonds. The second kappa shape index (κ2) is 5.23. The Morgan fingerprint density at radius 2 is 1.70 bits per heavy atom. The zero-order valence-corrected chi connectivity index (χ0v) is 14.8. The minimum Gasteiger partial charge on any atom is -0.431 e. The molecule has 2 heterocycles. The maximum absolute atomic E-state index is 11.0. The van der Waals surface area contributed by atoms with E-state index in [9.17, 15) is 10.1 Å². The lowest BCUT2D eigenvalue weighted by atomic mass is 10.0. The molecule has 6 nitrogen and oxygen atoms in total. The van der Waals surface area contributed by atoms with E-state index in [1.54, 1.807) is 6.07 Å². The molecule has 0 saturated heterocycles. The molecule has 1 atom stereocenters. The van der Waals surface area contributed by atoms with Crippen LogP contribution in [0.25, 0.3) is 16.8 Å². The van der Waals surface area contributed by atoms with Gasteiger partial charge in [0.25, 0.3) is 5.69 Å². The molecule has 3 aromatic rings. The Balaban J connectivity index is 1.62. The molecule has 2 aliphatic rings. The fraction of sp³-hybridized carbons (Fsp3) is 0.143. The number of nitro benzene ring substituents is 1. The molecule has 1 unspecified atom stereocenters. The van der Waals surface area contributed by atoms with Crippen molar-refractivity contribution in [1.29, 1.82) is 0 Å². The minimum absolute atomic E-state index is 0.0348. The normalized spacial score (nSPS) is 19.9. The largest absolute Gasteiger partial charge is 0.431 e. The van der Waals surface area contributed by atoms with Crippen molar-refractivity contribution >= 4 is 28.2 Å². The van der Waals surface area contributed by atoms with Gasteiger partial charge in [0, 0.05) is 30.3 Å². The van der Waals surface area contributed by atoms with Crippen LogP contribution in [0.4, 0.5) is 11.4 Å². The highest BCUT2D eigenvalue weighted by Crippen LogP contribution is 2.49. The molecule has 0 radical (unpaired) electrons. The summed E-state index contributed by atoms with van der Waals surface area (Å²) in [4.78, 5) is 12.6. The molecular weight excluding hydrogens is 344 g/mol. The fourth-order valence-corrected chi connectivity index (χ4v) is 3.77. The third-order valence-electron chi connectivity index (χ3n) is 5.20. The molecule has 0 bridgehead atoms. The van der Waals surface area contributed by atoms with E-state index in [-0.39, 0.29) is 5.69 Å². The number of ether oxygens (including phenoxy) is 2. The minimum atomic E-state index is -1.09. The second-order valence-corrected chi connectivity index (χ2v) is 6.82. The van der Waals surface area contributed by atoms with Crippen molar-refractivity contribution < 1.29 is 14.4 Å². The molecule has 1 spiro atoms. The van der Waals surface area contributed by atoms with Gasteiger partial charge < -0.3 is 9.47 Å². The first-order chi connectivity index (χ1) is 13.0. The van der Waals surface area contributed by atoms with Gasteiger partial charge in [0.15, 0.2) is 5.75 Å². The molecule has 0 N–H and O–H groups in total. The zero-order chi connectivity index (χ0) is 18.8. The zero-order valence-electron chi connectivity index (χ0n) is 14.8. The van der Waals surface area contributed by atoms with E-state index < -0.39 is 10.8 Å². The molecule has 0 saturated carbocycles. The molecule has 0 fully saturated rings. The molecule has 0 aromatic heterocycles. The Bertz CT molecular complexity index is 1150. The molecule has 2 aliphatic heterocycles. The predicted octanol–water partition coefficient (Wildman–Crippen LogP) is 4.73. The number of nitrogens with zero attached hydrogens (tertiary/aromatic N) is 2. The van der Waals surface area contributed by atoms with Gasteiger partial charge in [-0.05, 0) is 42.0 Å². The van der Waals surface area contributed by atoms with E-state index in [4.69, 9.17) is 9.47 Å². The highest BCUT2D eigenvalue weighted by Gasteiger charge is 2.50. The topological polar surface area (TPSA) is 64.8 Å². The average Bonchev–Trinajstić information content (AvgIpc) is 2.92. The van der Waals surface area contributed by atoms with Crippen LogP contribution in [0.1, 0.15) is 12.5 Å². The summed E-state index contributed by atoms with van der Waals surface area (Å²) in [6.07, 6.45) is 1.88. The Hall–Kier alpha value is -3.54. The number of likely N-dealkylation sites (N-methyl/N-ethyl adjacent to an activating group) is 1. The predicted molar refractivity (Wildman–Crippen MR) is 103 cm³/mol. The molecule has 27 heavy (non-hydrogen) atoms. The highest BCUT2D eigenvalue weighted by atomic mass is 16.7. The standard InChI is InChI=1S/C21H16N2O4/c1-13-9-16-10-17(23(24)25)7-8-19(16)26-21(13)22(2)18-11-14-5-3-4-6-15(14)12-20(18)27-21/h3-12H,1-2H3. The molecule has 3 aromatic carbocycles. The number of rotatable bonds is 1. The summed E-state index contributed by atoms with van der Waals surface area (Å²) >= 11 is 0. The third kappa shape index (κ3) is 2.13. The van der Waals surface area contributed by atoms with E-state index in [0.29, 0.717) is 11.3 Å². The van der Waals surface area contributed by atoms with E-state index >= 15 is 0 Å². The number of anilines is 1. The van der Waals surface area contributed by atoms with Crippen LogP contribution in [-0.4, -0.2) is 17.9 Å². The van der Waals surface area contributed by atoms with Gasteiger partial charge in [-0.1, -0.05) is 24.3 Å². The number of hydrogen-bond donors (Lipinski definition) is 0. The number of fused-ring (bicyclic) bond motifs is 3. The van der Waals surface area contributed by atoms with Crippen LogP contribution < -0.4 is 14.4 Å². The van der Waals surface area contributed by atoms with E-state index in [0.717, 1.165) is 27.8 Å². The fourth-order valence-electron chi connectivity index (χ4n) is 3.77. The van der Waals surface area contributed by atoms with Crippen molar-refractivity contribution in [3.8, 4) is 11.5 Å². The van der Waals surface area contributed by atoms with E-state index in [1.807, 2.05) is 49.2 Å². The SMILES string of the molecule is CC1=Cc2cc([N+](=O)[O-])ccc2OC12Oc1cc3ccccc3cc1N2C. The lowest BCUT2D eigenvalue weighted by molar-refractivity contribution is -0.384. The highest BCUT2D eigenvalue weighted by molar-refractivity contribution is 5.90. The van der Waals surface area contributed by atoms with E-state index in [2.05, 4.69) is 12.1 Å². The first-order valence-corrected chi connectivity index (χ1v) is 8.60. The van der Waals surface area contributed by atoms with Crippen molar-refractivity contribution in [1.82, 2.24) is 0 Å². The quantitative estimate of drug-likeness (QED) is 0.464. The molecular formula is C21H16N2O4. The molecule has 5 rings (SSSR count). The lowest BCUT2D eigenvalue weighted by Crippen LogP contribution is -2.54. The van der Waals surface area contributed by atoms with Crippen LogP contribution in [0.5, 0.6) is 11.5 Å². The van der Waals surface area contributed by atoms with Crippen LogP contribution in [0.15, 0.2) is 60.2 Å². The second-order valence-electron chi connectivity index (χ2n) is 6.82.